The molecule has 0 unspecified atom stereocenters. The van der Waals surface area contributed by atoms with E-state index in [-0.39, 0.29) is 43.6 Å². The van der Waals surface area contributed by atoms with Crippen LogP contribution in [0.1, 0.15) is 15.9 Å². The van der Waals surface area contributed by atoms with Crippen molar-refractivity contribution in [1.29, 1.82) is 0 Å². The van der Waals surface area contributed by atoms with Crippen LogP contribution in [0.15, 0.2) is 100.0 Å². The summed E-state index contributed by atoms with van der Waals surface area (Å²) in [5.74, 6) is -1.39. The van der Waals surface area contributed by atoms with E-state index in [2.05, 4.69) is 20.6 Å². The average molecular weight is 661 g/mol. The van der Waals surface area contributed by atoms with Crippen LogP contribution in [0, 0.1) is 0 Å². The number of nitrogens with one attached hydrogen (secondary N) is 2. The summed E-state index contributed by atoms with van der Waals surface area (Å²) >= 11 is 18.1. The van der Waals surface area contributed by atoms with Crippen molar-refractivity contribution in [2.45, 2.75) is 22.4 Å². The number of guanidine groups is 1. The lowest BCUT2D eigenvalue weighted by Gasteiger charge is -2.15. The fourth-order valence-corrected chi connectivity index (χ4v) is 5.96. The molecule has 0 aliphatic carbocycles. The van der Waals surface area contributed by atoms with Gasteiger partial charge in [0.2, 0.25) is 9.84 Å². The number of amides is 1. The second kappa shape index (κ2) is 13.9. The lowest BCUT2D eigenvalue weighted by atomic mass is 10.1. The van der Waals surface area contributed by atoms with Gasteiger partial charge in [-0.3, -0.25) is 4.79 Å². The number of hydrogen-bond acceptors (Lipinski definition) is 7. The van der Waals surface area contributed by atoms with E-state index in [9.17, 15) is 18.0 Å². The molecule has 0 bridgehead atoms. The fraction of sp³-hybridized carbons (Fsp3) is 0.103. The minimum Gasteiger partial charge on any atom is -0.467 e. The number of anilines is 2. The molecule has 222 valence electrons. The SMILES string of the molecule is COC(=O)[C@H](Cc1ccc(NC(=O)c2c(Cl)cccc2Cl)cc1)N=C(N)Nc1cccnc1S(=O)(=O)c1ccc(Cl)cc1. The maximum Gasteiger partial charge on any atom is 0.331 e. The summed E-state index contributed by atoms with van der Waals surface area (Å²) in [4.78, 5) is 33.5. The highest BCUT2D eigenvalue weighted by Crippen LogP contribution is 2.27. The second-order valence-corrected chi connectivity index (χ2v) is 12.1. The maximum absolute atomic E-state index is 13.2. The highest BCUT2D eigenvalue weighted by molar-refractivity contribution is 7.91. The van der Waals surface area contributed by atoms with Gasteiger partial charge in [-0.15, -0.1) is 0 Å². The molecule has 0 aliphatic heterocycles. The number of benzene rings is 3. The number of pyridine rings is 1. The Morgan fingerprint density at radius 1 is 0.930 bits per heavy atom. The number of nitrogens with two attached hydrogens (primary N) is 1. The molecule has 4 rings (SSSR count). The van der Waals surface area contributed by atoms with E-state index < -0.39 is 27.8 Å². The number of carbonyl (C=O) groups is 2. The molecular weight excluding hydrogens is 637 g/mol. The van der Waals surface area contributed by atoms with Crippen molar-refractivity contribution in [2.24, 2.45) is 10.7 Å². The zero-order chi connectivity index (χ0) is 31.1. The van der Waals surface area contributed by atoms with Gasteiger partial charge in [0.05, 0.1) is 33.3 Å². The predicted octanol–water partition coefficient (Wildman–Crippen LogP) is 5.64. The van der Waals surface area contributed by atoms with E-state index in [1.165, 1.54) is 49.7 Å². The van der Waals surface area contributed by atoms with E-state index in [1.807, 2.05) is 0 Å². The van der Waals surface area contributed by atoms with Crippen LogP contribution < -0.4 is 16.4 Å². The number of aliphatic imine (C=N–C) groups is 1. The molecule has 0 aliphatic rings. The Balaban J connectivity index is 1.51. The van der Waals surface area contributed by atoms with Crippen LogP contribution in [0.25, 0.3) is 0 Å². The van der Waals surface area contributed by atoms with Crippen LogP contribution in [-0.2, 0) is 25.8 Å². The lowest BCUT2D eigenvalue weighted by Crippen LogP contribution is -2.31. The van der Waals surface area contributed by atoms with Crippen molar-refractivity contribution in [3.63, 3.8) is 0 Å². The molecular formula is C29H24Cl3N5O5S. The lowest BCUT2D eigenvalue weighted by molar-refractivity contribution is -0.142. The zero-order valence-corrected chi connectivity index (χ0v) is 25.5. The Labute approximate surface area is 262 Å². The largest absolute Gasteiger partial charge is 0.467 e. The third kappa shape index (κ3) is 7.82. The van der Waals surface area contributed by atoms with Crippen LogP contribution in [0.5, 0.6) is 0 Å². The van der Waals surface area contributed by atoms with E-state index in [4.69, 9.17) is 45.3 Å². The summed E-state index contributed by atoms with van der Waals surface area (Å²) in [7, 11) is -2.83. The minimum atomic E-state index is -4.04. The van der Waals surface area contributed by atoms with E-state index >= 15 is 0 Å². The normalized spacial score (nSPS) is 12.3. The predicted molar refractivity (Wildman–Crippen MR) is 167 cm³/mol. The first kappa shape index (κ1) is 31.8. The van der Waals surface area contributed by atoms with Crippen LogP contribution in [0.4, 0.5) is 11.4 Å². The molecule has 0 spiro atoms. The molecule has 0 radical (unpaired) electrons. The molecule has 1 heterocycles. The summed E-state index contributed by atoms with van der Waals surface area (Å²) in [5.41, 5.74) is 7.45. The van der Waals surface area contributed by atoms with E-state index in [0.29, 0.717) is 16.3 Å². The molecule has 4 aromatic rings. The fourth-order valence-electron chi connectivity index (χ4n) is 3.94. The van der Waals surface area contributed by atoms with Crippen LogP contribution in [0.3, 0.4) is 0 Å². The second-order valence-electron chi connectivity index (χ2n) is 8.94. The molecule has 14 heteroatoms. The first-order chi connectivity index (χ1) is 20.5. The topological polar surface area (TPSA) is 153 Å². The van der Waals surface area contributed by atoms with Gasteiger partial charge in [0.1, 0.15) is 0 Å². The number of nitrogens with zero attached hydrogens (tertiary/aromatic N) is 2. The third-order valence-electron chi connectivity index (χ3n) is 6.01. The highest BCUT2D eigenvalue weighted by atomic mass is 35.5. The third-order valence-corrected chi connectivity index (χ3v) is 8.62. The number of halogens is 3. The van der Waals surface area contributed by atoms with Gasteiger partial charge in [-0.2, -0.15) is 0 Å². The number of sulfone groups is 1. The van der Waals surface area contributed by atoms with Gasteiger partial charge in [-0.1, -0.05) is 53.0 Å². The first-order valence-electron chi connectivity index (χ1n) is 12.5. The van der Waals surface area contributed by atoms with Crippen LogP contribution >= 0.6 is 34.8 Å². The van der Waals surface area contributed by atoms with Crippen LogP contribution in [-0.4, -0.2) is 44.4 Å². The highest BCUT2D eigenvalue weighted by Gasteiger charge is 2.25. The molecule has 0 fully saturated rings. The number of methoxy groups -OCH3 is 1. The Hall–Kier alpha value is -4.16. The minimum absolute atomic E-state index is 0.0174. The molecule has 43 heavy (non-hydrogen) atoms. The van der Waals surface area contributed by atoms with Gasteiger partial charge >= 0.3 is 5.97 Å². The molecule has 0 saturated carbocycles. The van der Waals surface area contributed by atoms with E-state index in [1.54, 1.807) is 42.5 Å². The van der Waals surface area contributed by atoms with E-state index in [0.717, 1.165) is 0 Å². The standard InChI is InChI=1S/C29H24Cl3N5O5S/c1-42-28(39)24(16-17-7-11-19(12-8-17)35-26(38)25-21(31)4-2-5-22(25)32)37-29(33)36-23-6-3-15-34-27(23)43(40,41)20-13-9-18(30)10-14-20/h2-15,24H,16H2,1H3,(H,35,38)(H3,33,36,37)/t24-/m0/s1. The monoisotopic (exact) mass is 659 g/mol. The Kier molecular flexibility index (Phi) is 10.3. The smallest absolute Gasteiger partial charge is 0.331 e. The zero-order valence-electron chi connectivity index (χ0n) is 22.4. The van der Waals surface area contributed by atoms with Crippen molar-refractivity contribution in [3.8, 4) is 0 Å². The maximum atomic E-state index is 13.2. The number of rotatable bonds is 9. The van der Waals surface area contributed by atoms with Gasteiger partial charge < -0.3 is 21.1 Å². The summed E-state index contributed by atoms with van der Waals surface area (Å²) in [6, 6.07) is 19.0. The van der Waals surface area contributed by atoms with Gasteiger partial charge in [0.15, 0.2) is 17.0 Å². The number of ether oxygens (including phenoxy) is 1. The number of hydrogen-bond donors (Lipinski definition) is 3. The molecule has 0 saturated heterocycles. The summed E-state index contributed by atoms with van der Waals surface area (Å²) < 4.78 is 31.4. The van der Waals surface area contributed by atoms with Crippen molar-refractivity contribution < 1.29 is 22.7 Å². The van der Waals surface area contributed by atoms with Crippen molar-refractivity contribution in [1.82, 2.24) is 4.98 Å². The summed E-state index contributed by atoms with van der Waals surface area (Å²) in [6.07, 6.45) is 1.41. The van der Waals surface area contributed by atoms with Gasteiger partial charge in [0, 0.05) is 23.3 Å². The number of carbonyl (C=O) groups excluding carboxylic acids is 2. The number of aromatic nitrogens is 1. The van der Waals surface area contributed by atoms with Crippen LogP contribution in [0.2, 0.25) is 15.1 Å². The summed E-state index contributed by atoms with van der Waals surface area (Å²) in [6.45, 7) is 0. The first-order valence-corrected chi connectivity index (χ1v) is 15.1. The summed E-state index contributed by atoms with van der Waals surface area (Å²) in [5, 5.41) is 5.98. The van der Waals surface area contributed by atoms with Gasteiger partial charge in [-0.05, 0) is 66.2 Å². The van der Waals surface area contributed by atoms with Crippen molar-refractivity contribution in [3.05, 3.63) is 111 Å². The molecule has 4 N–H and O–H groups in total. The quantitative estimate of drug-likeness (QED) is 0.119. The van der Waals surface area contributed by atoms with Crippen molar-refractivity contribution >= 4 is 73.9 Å². The molecule has 1 aromatic heterocycles. The van der Waals surface area contributed by atoms with Crippen molar-refractivity contribution in [2.75, 3.05) is 17.7 Å². The molecule has 3 aromatic carbocycles. The Morgan fingerprint density at radius 3 is 2.21 bits per heavy atom. The Bertz CT molecular complexity index is 1760. The molecule has 1 atom stereocenters. The Morgan fingerprint density at radius 2 is 1.58 bits per heavy atom. The van der Waals surface area contributed by atoms with Gasteiger partial charge in [-0.25, -0.2) is 23.2 Å². The molecule has 10 nitrogen and oxygen atoms in total. The van der Waals surface area contributed by atoms with Gasteiger partial charge in [0.25, 0.3) is 5.91 Å². The number of esters is 1. The average Bonchev–Trinajstić information content (AvgIpc) is 2.97. The molecule has 1 amide bonds.